The zero-order valence-corrected chi connectivity index (χ0v) is 30.2. The number of carbonyl (C=O) groups is 2. The van der Waals surface area contributed by atoms with E-state index in [4.69, 9.17) is 51.6 Å². The maximum atomic E-state index is 11.6. The van der Waals surface area contributed by atoms with E-state index < -0.39 is 11.9 Å². The predicted octanol–water partition coefficient (Wildman–Crippen LogP) is 9.82. The van der Waals surface area contributed by atoms with E-state index in [1.54, 1.807) is 62.4 Å². The Balaban J connectivity index is 1.79. The Morgan fingerprint density at radius 1 is 0.571 bits per heavy atom. The normalized spacial score (nSPS) is 12.4. The van der Waals surface area contributed by atoms with Crippen molar-refractivity contribution in [1.82, 2.24) is 0 Å². The molecule has 4 aromatic carbocycles. The van der Waals surface area contributed by atoms with Crippen LogP contribution < -0.4 is 28.4 Å². The second kappa shape index (κ2) is 17.7. The Morgan fingerprint density at radius 3 is 1.31 bits per heavy atom. The number of rotatable bonds is 14. The highest BCUT2D eigenvalue weighted by molar-refractivity contribution is 8.00. The summed E-state index contributed by atoms with van der Waals surface area (Å²) < 4.78 is 32.3. The molecule has 0 saturated carbocycles. The summed E-state index contributed by atoms with van der Waals surface area (Å²) in [7, 11) is 6.20. The van der Waals surface area contributed by atoms with E-state index in [1.807, 2.05) is 60.7 Å². The number of methoxy groups -OCH3 is 4. The number of halogens is 2. The molecule has 11 heteroatoms. The lowest BCUT2D eigenvalue weighted by atomic mass is 10.1. The van der Waals surface area contributed by atoms with Crippen molar-refractivity contribution in [2.24, 2.45) is 0 Å². The Bertz CT molecular complexity index is 1720. The largest absolute Gasteiger partial charge is 0.497 e. The number of esters is 2. The molecule has 0 aliphatic carbocycles. The minimum Gasteiger partial charge on any atom is -0.497 e. The highest BCUT2D eigenvalue weighted by Gasteiger charge is 2.22. The first kappa shape index (κ1) is 37.3. The van der Waals surface area contributed by atoms with Gasteiger partial charge in [0.2, 0.25) is 0 Å². The molecule has 0 saturated heterocycles. The molecule has 0 aliphatic rings. The number of hydrogen-bond acceptors (Lipinski definition) is 9. The Morgan fingerprint density at radius 2 is 0.980 bits per heavy atom. The third kappa shape index (κ3) is 10.2. The molecule has 0 amide bonds. The van der Waals surface area contributed by atoms with E-state index in [0.717, 1.165) is 22.3 Å². The molecule has 2 atom stereocenters. The zero-order chi connectivity index (χ0) is 35.5. The fourth-order valence-corrected chi connectivity index (χ4v) is 6.85. The summed E-state index contributed by atoms with van der Waals surface area (Å²) in [5.74, 6) is 1.88. The van der Waals surface area contributed by atoms with Gasteiger partial charge in [0.15, 0.2) is 23.0 Å². The average Bonchev–Trinajstić information content (AvgIpc) is 3.08. The summed E-state index contributed by atoms with van der Waals surface area (Å²) in [6.45, 7) is 2.67. The number of benzene rings is 4. The van der Waals surface area contributed by atoms with Crippen LogP contribution in [0.15, 0.2) is 84.9 Å². The molecule has 0 radical (unpaired) electrons. The van der Waals surface area contributed by atoms with Gasteiger partial charge in [0.05, 0.1) is 38.9 Å². The molecular formula is C38H36Cl2O8S. The maximum Gasteiger partial charge on any atom is 0.308 e. The molecule has 49 heavy (non-hydrogen) atoms. The van der Waals surface area contributed by atoms with Crippen molar-refractivity contribution >= 4 is 59.1 Å². The molecule has 0 aliphatic heterocycles. The van der Waals surface area contributed by atoms with Crippen molar-refractivity contribution in [3.8, 4) is 34.5 Å². The zero-order valence-electron chi connectivity index (χ0n) is 27.8. The van der Waals surface area contributed by atoms with Gasteiger partial charge in [-0.25, -0.2) is 0 Å². The molecule has 4 rings (SSSR count). The van der Waals surface area contributed by atoms with E-state index in [-0.39, 0.29) is 10.5 Å². The van der Waals surface area contributed by atoms with Crippen LogP contribution in [0.3, 0.4) is 0 Å². The molecule has 8 nitrogen and oxygen atoms in total. The molecule has 4 aromatic rings. The number of ether oxygens (including phenoxy) is 6. The summed E-state index contributed by atoms with van der Waals surface area (Å²) in [6.07, 6.45) is 7.97. The van der Waals surface area contributed by atoms with Crippen molar-refractivity contribution in [3.63, 3.8) is 0 Å². The minimum atomic E-state index is -0.442. The van der Waals surface area contributed by atoms with Gasteiger partial charge >= 0.3 is 11.9 Å². The van der Waals surface area contributed by atoms with Crippen LogP contribution in [0.1, 0.15) is 46.6 Å². The number of carbonyl (C=O) groups excluding carboxylic acids is 2. The SMILES string of the molecule is COc1ccc(C(C=Cc2ccc(OC(C)=O)c(OC)c2)SC(/C=C\c2ccc(OC(C)=O)c(OC)c2)c2ccc(OC)cc2Cl)c(Cl)c1. The second-order valence-electron chi connectivity index (χ2n) is 10.5. The van der Waals surface area contributed by atoms with E-state index >= 15 is 0 Å². The molecule has 0 bridgehead atoms. The second-order valence-corrected chi connectivity index (χ2v) is 12.6. The van der Waals surface area contributed by atoms with Crippen molar-refractivity contribution in [1.29, 1.82) is 0 Å². The maximum absolute atomic E-state index is 11.6. The highest BCUT2D eigenvalue weighted by atomic mass is 35.5. The molecule has 0 heterocycles. The molecule has 0 N–H and O–H groups in total. The van der Waals surface area contributed by atoms with Crippen LogP contribution in [0, 0.1) is 0 Å². The Hall–Kier alpha value is -4.57. The van der Waals surface area contributed by atoms with Gasteiger partial charge in [-0.3, -0.25) is 9.59 Å². The van der Waals surface area contributed by atoms with Crippen LogP contribution in [-0.4, -0.2) is 40.4 Å². The lowest BCUT2D eigenvalue weighted by Crippen LogP contribution is -2.03. The van der Waals surface area contributed by atoms with Gasteiger partial charge in [-0.2, -0.15) is 0 Å². The number of thioether (sulfide) groups is 1. The summed E-state index contributed by atoms with van der Waals surface area (Å²) in [4.78, 5) is 23.1. The van der Waals surface area contributed by atoms with Crippen LogP contribution >= 0.6 is 35.0 Å². The van der Waals surface area contributed by atoms with Gasteiger partial charge < -0.3 is 28.4 Å². The van der Waals surface area contributed by atoms with E-state index in [0.29, 0.717) is 44.5 Å². The lowest BCUT2D eigenvalue weighted by Gasteiger charge is -2.22. The molecule has 0 fully saturated rings. The van der Waals surface area contributed by atoms with Gasteiger partial charge in [0, 0.05) is 23.9 Å². The topological polar surface area (TPSA) is 89.5 Å². The van der Waals surface area contributed by atoms with Crippen LogP contribution in [0.25, 0.3) is 12.2 Å². The first-order valence-electron chi connectivity index (χ1n) is 15.0. The summed E-state index contributed by atoms with van der Waals surface area (Å²) in [5, 5.41) is 0.481. The summed E-state index contributed by atoms with van der Waals surface area (Å²) >= 11 is 15.3. The van der Waals surface area contributed by atoms with Crippen LogP contribution in [0.4, 0.5) is 0 Å². The molecule has 256 valence electrons. The molecule has 2 unspecified atom stereocenters. The van der Waals surface area contributed by atoms with Crippen LogP contribution in [0.2, 0.25) is 10.0 Å². The van der Waals surface area contributed by atoms with Crippen molar-refractivity contribution in [3.05, 3.63) is 117 Å². The van der Waals surface area contributed by atoms with Gasteiger partial charge in [-0.1, -0.05) is 71.8 Å². The van der Waals surface area contributed by atoms with Crippen LogP contribution in [-0.2, 0) is 9.59 Å². The van der Waals surface area contributed by atoms with Gasteiger partial charge in [0.1, 0.15) is 11.5 Å². The minimum absolute atomic E-state index is 0.286. The van der Waals surface area contributed by atoms with Crippen LogP contribution in [0.5, 0.6) is 34.5 Å². The van der Waals surface area contributed by atoms with Crippen molar-refractivity contribution in [2.45, 2.75) is 24.3 Å². The third-order valence-corrected chi connectivity index (χ3v) is 9.19. The van der Waals surface area contributed by atoms with E-state index in [1.165, 1.54) is 28.1 Å². The Kier molecular flexibility index (Phi) is 13.5. The summed E-state index contributed by atoms with van der Waals surface area (Å²) in [5.41, 5.74) is 3.33. The number of hydrogen-bond donors (Lipinski definition) is 0. The molecule has 0 spiro atoms. The predicted molar refractivity (Wildman–Crippen MR) is 196 cm³/mol. The Labute approximate surface area is 300 Å². The first-order chi connectivity index (χ1) is 23.5. The van der Waals surface area contributed by atoms with Crippen molar-refractivity contribution < 1.29 is 38.0 Å². The quantitative estimate of drug-likeness (QED) is 0.0932. The fraction of sp³-hybridized carbons (Fsp3) is 0.211. The van der Waals surface area contributed by atoms with E-state index in [2.05, 4.69) is 0 Å². The van der Waals surface area contributed by atoms with Gasteiger partial charge in [-0.05, 0) is 70.8 Å². The summed E-state index contributed by atoms with van der Waals surface area (Å²) in [6, 6.07) is 21.8. The molecule has 0 aromatic heterocycles. The van der Waals surface area contributed by atoms with Crippen molar-refractivity contribution in [2.75, 3.05) is 28.4 Å². The smallest absolute Gasteiger partial charge is 0.308 e. The third-order valence-electron chi connectivity index (χ3n) is 7.13. The fourth-order valence-electron chi connectivity index (χ4n) is 4.78. The average molecular weight is 724 g/mol. The van der Waals surface area contributed by atoms with Gasteiger partial charge in [0.25, 0.3) is 0 Å². The highest BCUT2D eigenvalue weighted by Crippen LogP contribution is 2.47. The van der Waals surface area contributed by atoms with E-state index in [9.17, 15) is 9.59 Å². The monoisotopic (exact) mass is 722 g/mol. The standard InChI is InChI=1S/C38H36Cl2O8S/c1-23(41)47-33-15-7-25(19-35(33)45-5)9-17-37(29-13-11-27(43-3)21-31(29)39)49-38(30-14-12-28(44-4)22-32(30)40)18-10-26-8-16-34(48-24(2)42)36(20-26)46-6/h7-22,37-38H,1-6H3/b17-9-,18-10?. The lowest BCUT2D eigenvalue weighted by molar-refractivity contribution is -0.132. The molecular weight excluding hydrogens is 687 g/mol. The first-order valence-corrected chi connectivity index (χ1v) is 16.7. The van der Waals surface area contributed by atoms with Gasteiger partial charge in [-0.15, -0.1) is 11.8 Å².